The van der Waals surface area contributed by atoms with Crippen molar-refractivity contribution < 1.29 is 12.8 Å². The molecule has 0 spiro atoms. The minimum Gasteiger partial charge on any atom is -0.399 e. The Morgan fingerprint density at radius 2 is 1.85 bits per heavy atom. The minimum atomic E-state index is -3.74. The van der Waals surface area contributed by atoms with Gasteiger partial charge in [-0.05, 0) is 29.8 Å². The molecule has 2 aromatic carbocycles. The molecule has 7 heteroatoms. The number of nitrogen functional groups attached to an aromatic ring is 1. The zero-order valence-corrected chi connectivity index (χ0v) is 12.4. The Hall–Kier alpha value is -1.30. The van der Waals surface area contributed by atoms with Gasteiger partial charge in [-0.2, -0.15) is 0 Å². The van der Waals surface area contributed by atoms with Crippen molar-refractivity contribution >= 4 is 38.7 Å². The SMILES string of the molecule is Nc1ccc(S(=O)(=O)Cc2cccc(F)c2Cl)c(Cl)c1. The zero-order chi connectivity index (χ0) is 14.9. The van der Waals surface area contributed by atoms with E-state index in [0.29, 0.717) is 5.69 Å². The first-order valence-electron chi connectivity index (χ1n) is 5.52. The molecule has 0 unspecified atom stereocenters. The first kappa shape index (κ1) is 15.1. The summed E-state index contributed by atoms with van der Waals surface area (Å²) in [4.78, 5) is -0.0614. The smallest absolute Gasteiger partial charge is 0.184 e. The normalized spacial score (nSPS) is 11.6. The summed E-state index contributed by atoms with van der Waals surface area (Å²) < 4.78 is 37.9. The quantitative estimate of drug-likeness (QED) is 0.871. The van der Waals surface area contributed by atoms with Gasteiger partial charge in [-0.15, -0.1) is 0 Å². The maximum absolute atomic E-state index is 13.3. The Morgan fingerprint density at radius 3 is 2.50 bits per heavy atom. The molecule has 0 aliphatic heterocycles. The van der Waals surface area contributed by atoms with Crippen molar-refractivity contribution in [2.45, 2.75) is 10.6 Å². The molecule has 106 valence electrons. The highest BCUT2D eigenvalue weighted by molar-refractivity contribution is 7.90. The largest absolute Gasteiger partial charge is 0.399 e. The average molecular weight is 334 g/mol. The van der Waals surface area contributed by atoms with E-state index in [9.17, 15) is 12.8 Å². The van der Waals surface area contributed by atoms with Gasteiger partial charge in [0.25, 0.3) is 0 Å². The van der Waals surface area contributed by atoms with Crippen LogP contribution in [0.2, 0.25) is 10.0 Å². The third-order valence-electron chi connectivity index (χ3n) is 2.67. The van der Waals surface area contributed by atoms with Crippen LogP contribution >= 0.6 is 23.2 Å². The fourth-order valence-corrected chi connectivity index (χ4v) is 3.96. The van der Waals surface area contributed by atoms with E-state index in [-0.39, 0.29) is 20.5 Å². The number of hydrogen-bond donors (Lipinski definition) is 1. The maximum atomic E-state index is 13.3. The van der Waals surface area contributed by atoms with Crippen LogP contribution in [-0.2, 0) is 15.6 Å². The summed E-state index contributed by atoms with van der Waals surface area (Å²) in [5.74, 6) is -1.10. The van der Waals surface area contributed by atoms with Crippen molar-refractivity contribution in [3.63, 3.8) is 0 Å². The van der Waals surface area contributed by atoms with Gasteiger partial charge in [0, 0.05) is 5.69 Å². The number of rotatable bonds is 3. The van der Waals surface area contributed by atoms with Crippen molar-refractivity contribution in [3.05, 3.63) is 57.8 Å². The molecule has 20 heavy (non-hydrogen) atoms. The van der Waals surface area contributed by atoms with Crippen LogP contribution in [0.4, 0.5) is 10.1 Å². The Kier molecular flexibility index (Phi) is 4.22. The third kappa shape index (κ3) is 3.06. The zero-order valence-electron chi connectivity index (χ0n) is 10.1. The fourth-order valence-electron chi connectivity index (χ4n) is 1.71. The highest BCUT2D eigenvalue weighted by atomic mass is 35.5. The molecule has 0 amide bonds. The molecular formula is C13H10Cl2FNO2S. The predicted molar refractivity (Wildman–Crippen MR) is 78.2 cm³/mol. The van der Waals surface area contributed by atoms with Gasteiger partial charge in [0.1, 0.15) is 5.82 Å². The van der Waals surface area contributed by atoms with Crippen LogP contribution < -0.4 is 5.73 Å². The van der Waals surface area contributed by atoms with E-state index in [1.165, 1.54) is 30.3 Å². The summed E-state index contributed by atoms with van der Waals surface area (Å²) in [5.41, 5.74) is 6.06. The molecule has 0 radical (unpaired) electrons. The molecule has 0 bridgehead atoms. The number of hydrogen-bond acceptors (Lipinski definition) is 3. The Balaban J connectivity index is 2.44. The molecule has 2 N–H and O–H groups in total. The Labute approximate surface area is 126 Å². The summed E-state index contributed by atoms with van der Waals surface area (Å²) in [6, 6.07) is 8.12. The van der Waals surface area contributed by atoms with Gasteiger partial charge in [0.2, 0.25) is 0 Å². The van der Waals surface area contributed by atoms with Crippen LogP contribution in [0.15, 0.2) is 41.3 Å². The first-order valence-corrected chi connectivity index (χ1v) is 7.93. The number of nitrogens with two attached hydrogens (primary N) is 1. The van der Waals surface area contributed by atoms with Crippen molar-refractivity contribution in [1.29, 1.82) is 0 Å². The summed E-state index contributed by atoms with van der Waals surface area (Å²) in [6.07, 6.45) is 0. The number of sulfone groups is 1. The number of benzene rings is 2. The lowest BCUT2D eigenvalue weighted by Crippen LogP contribution is -2.07. The lowest BCUT2D eigenvalue weighted by atomic mass is 10.2. The highest BCUT2D eigenvalue weighted by Crippen LogP contribution is 2.29. The van der Waals surface area contributed by atoms with Gasteiger partial charge in [-0.25, -0.2) is 12.8 Å². The van der Waals surface area contributed by atoms with E-state index in [4.69, 9.17) is 28.9 Å². The van der Waals surface area contributed by atoms with Crippen molar-refractivity contribution in [1.82, 2.24) is 0 Å². The van der Waals surface area contributed by atoms with E-state index < -0.39 is 21.4 Å². The van der Waals surface area contributed by atoms with Crippen molar-refractivity contribution in [2.24, 2.45) is 0 Å². The molecular weight excluding hydrogens is 324 g/mol. The molecule has 0 saturated heterocycles. The molecule has 0 atom stereocenters. The summed E-state index contributed by atoms with van der Waals surface area (Å²) in [5, 5.41) is -0.180. The van der Waals surface area contributed by atoms with Crippen molar-refractivity contribution in [2.75, 3.05) is 5.73 Å². The van der Waals surface area contributed by atoms with Gasteiger partial charge in [0.15, 0.2) is 9.84 Å². The van der Waals surface area contributed by atoms with Crippen LogP contribution in [0.1, 0.15) is 5.56 Å². The second-order valence-corrected chi connectivity index (χ2v) is 6.91. The molecule has 0 heterocycles. The maximum Gasteiger partial charge on any atom is 0.184 e. The van der Waals surface area contributed by atoms with Gasteiger partial charge in [-0.3, -0.25) is 0 Å². The molecule has 2 rings (SSSR count). The lowest BCUT2D eigenvalue weighted by molar-refractivity contribution is 0.594. The standard InChI is InChI=1S/C13H10Cl2FNO2S/c14-10-6-9(17)4-5-12(10)20(18,19)7-8-2-1-3-11(16)13(8)15/h1-6H,7,17H2. The summed E-state index contributed by atoms with van der Waals surface area (Å²) in [7, 11) is -3.74. The van der Waals surface area contributed by atoms with E-state index in [2.05, 4.69) is 0 Å². The molecule has 0 aliphatic carbocycles. The Bertz CT molecular complexity index is 763. The monoisotopic (exact) mass is 333 g/mol. The highest BCUT2D eigenvalue weighted by Gasteiger charge is 2.21. The van der Waals surface area contributed by atoms with Crippen molar-refractivity contribution in [3.8, 4) is 0 Å². The van der Waals surface area contributed by atoms with Gasteiger partial charge >= 0.3 is 0 Å². The van der Waals surface area contributed by atoms with E-state index in [1.807, 2.05) is 0 Å². The number of anilines is 1. The van der Waals surface area contributed by atoms with Crippen LogP contribution in [0.3, 0.4) is 0 Å². The summed E-state index contributed by atoms with van der Waals surface area (Å²) in [6.45, 7) is 0. The third-order valence-corrected chi connectivity index (χ3v) is 5.23. The van der Waals surface area contributed by atoms with Gasteiger partial charge in [-0.1, -0.05) is 35.3 Å². The van der Waals surface area contributed by atoms with E-state index in [0.717, 1.165) is 6.07 Å². The topological polar surface area (TPSA) is 60.2 Å². The average Bonchev–Trinajstić information content (AvgIpc) is 2.34. The van der Waals surface area contributed by atoms with Crippen LogP contribution in [0.5, 0.6) is 0 Å². The molecule has 2 aromatic rings. The van der Waals surface area contributed by atoms with E-state index in [1.54, 1.807) is 0 Å². The molecule has 0 fully saturated rings. The van der Waals surface area contributed by atoms with E-state index >= 15 is 0 Å². The molecule has 0 aliphatic rings. The number of halogens is 3. The predicted octanol–water partition coefficient (Wildman–Crippen LogP) is 3.69. The van der Waals surface area contributed by atoms with Gasteiger partial charge < -0.3 is 5.73 Å². The second-order valence-electron chi connectivity index (χ2n) is 4.16. The molecule has 0 saturated carbocycles. The molecule has 3 nitrogen and oxygen atoms in total. The Morgan fingerprint density at radius 1 is 1.15 bits per heavy atom. The first-order chi connectivity index (χ1) is 9.31. The van der Waals surface area contributed by atoms with Crippen LogP contribution in [-0.4, -0.2) is 8.42 Å². The molecule has 0 aromatic heterocycles. The summed E-state index contributed by atoms with van der Waals surface area (Å²) >= 11 is 11.6. The second kappa shape index (κ2) is 5.60. The fraction of sp³-hybridized carbons (Fsp3) is 0.0769. The van der Waals surface area contributed by atoms with Crippen LogP contribution in [0, 0.1) is 5.82 Å². The lowest BCUT2D eigenvalue weighted by Gasteiger charge is -2.09. The minimum absolute atomic E-state index is 0.0255. The van der Waals surface area contributed by atoms with Crippen LogP contribution in [0.25, 0.3) is 0 Å². The van der Waals surface area contributed by atoms with Gasteiger partial charge in [0.05, 0.1) is 20.7 Å².